The second kappa shape index (κ2) is 9.00. The van der Waals surface area contributed by atoms with Crippen LogP contribution >= 0.6 is 0 Å². The molecule has 0 bridgehead atoms. The topological polar surface area (TPSA) is 83.0 Å². The van der Waals surface area contributed by atoms with Crippen molar-refractivity contribution in [1.82, 2.24) is 0 Å². The van der Waals surface area contributed by atoms with Gasteiger partial charge in [0.05, 0.1) is 39.5 Å². The number of methoxy groups -OCH3 is 2. The first-order chi connectivity index (χ1) is 11.7. The van der Waals surface area contributed by atoms with Crippen molar-refractivity contribution < 1.29 is 19.7 Å². The number of rotatable bonds is 9. The highest BCUT2D eigenvalue weighted by molar-refractivity contribution is 5.50. The average Bonchev–Trinajstić information content (AvgIpc) is 2.65. The van der Waals surface area contributed by atoms with Crippen molar-refractivity contribution in [2.45, 2.75) is 12.1 Å². The molecule has 0 fully saturated rings. The first kappa shape index (κ1) is 17.9. The molecule has 2 aromatic rings. The number of aliphatic hydroxyl groups is 2. The van der Waals surface area contributed by atoms with Gasteiger partial charge in [0.25, 0.3) is 0 Å². The van der Waals surface area contributed by atoms with Crippen molar-refractivity contribution in [2.75, 3.05) is 38.1 Å². The Bertz CT molecular complexity index is 546. The number of hydrogen-bond acceptors (Lipinski definition) is 6. The Morgan fingerprint density at radius 3 is 1.29 bits per heavy atom. The molecule has 0 saturated carbocycles. The maximum Gasteiger partial charge on any atom is 0.119 e. The van der Waals surface area contributed by atoms with Crippen LogP contribution in [-0.2, 0) is 0 Å². The fourth-order valence-corrected chi connectivity index (χ4v) is 2.35. The van der Waals surface area contributed by atoms with Gasteiger partial charge in [0.15, 0.2) is 0 Å². The highest BCUT2D eigenvalue weighted by Crippen LogP contribution is 2.19. The lowest BCUT2D eigenvalue weighted by Gasteiger charge is -2.27. The SMILES string of the molecule is COc1ccc(N[C@H](CO)[C@@H](CO)Nc2ccc(OC)cc2)cc1. The van der Waals surface area contributed by atoms with Crippen molar-refractivity contribution >= 4 is 11.4 Å². The van der Waals surface area contributed by atoms with Crippen molar-refractivity contribution in [1.29, 1.82) is 0 Å². The monoisotopic (exact) mass is 332 g/mol. The summed E-state index contributed by atoms with van der Waals surface area (Å²) >= 11 is 0. The number of anilines is 2. The summed E-state index contributed by atoms with van der Waals surface area (Å²) in [6, 6.07) is 14.1. The summed E-state index contributed by atoms with van der Waals surface area (Å²) in [5.41, 5.74) is 1.68. The van der Waals surface area contributed by atoms with E-state index < -0.39 is 0 Å². The van der Waals surface area contributed by atoms with Crippen LogP contribution < -0.4 is 20.1 Å². The lowest BCUT2D eigenvalue weighted by Crippen LogP contribution is -2.44. The zero-order chi connectivity index (χ0) is 17.4. The molecule has 0 unspecified atom stereocenters. The number of aliphatic hydroxyl groups excluding tert-OH is 2. The third-order valence-electron chi connectivity index (χ3n) is 3.76. The lowest BCUT2D eigenvalue weighted by molar-refractivity contribution is 0.215. The molecule has 4 N–H and O–H groups in total. The Hall–Kier alpha value is -2.44. The van der Waals surface area contributed by atoms with E-state index in [-0.39, 0.29) is 25.3 Å². The molecule has 0 saturated heterocycles. The number of ether oxygens (including phenoxy) is 2. The third kappa shape index (κ3) is 4.78. The van der Waals surface area contributed by atoms with Crippen LogP contribution in [0.3, 0.4) is 0 Å². The Morgan fingerprint density at radius 2 is 1.04 bits per heavy atom. The van der Waals surface area contributed by atoms with Crippen molar-refractivity contribution in [2.24, 2.45) is 0 Å². The largest absolute Gasteiger partial charge is 0.497 e. The van der Waals surface area contributed by atoms with E-state index in [2.05, 4.69) is 10.6 Å². The van der Waals surface area contributed by atoms with Crippen molar-refractivity contribution in [3.63, 3.8) is 0 Å². The number of hydrogen-bond donors (Lipinski definition) is 4. The molecule has 0 amide bonds. The van der Waals surface area contributed by atoms with Gasteiger partial charge >= 0.3 is 0 Å². The molecular formula is C18H24N2O4. The molecule has 0 aromatic heterocycles. The van der Waals surface area contributed by atoms with Gasteiger partial charge < -0.3 is 30.3 Å². The van der Waals surface area contributed by atoms with Gasteiger partial charge in [-0.3, -0.25) is 0 Å². The summed E-state index contributed by atoms with van der Waals surface area (Å²) in [5.74, 6) is 1.52. The molecule has 2 rings (SSSR count). The fourth-order valence-electron chi connectivity index (χ4n) is 2.35. The second-order valence-corrected chi connectivity index (χ2v) is 5.32. The molecule has 2 aromatic carbocycles. The quantitative estimate of drug-likeness (QED) is 0.562. The maximum atomic E-state index is 9.69. The maximum absolute atomic E-state index is 9.69. The summed E-state index contributed by atoms with van der Waals surface area (Å²) in [4.78, 5) is 0. The van der Waals surface area contributed by atoms with E-state index in [0.717, 1.165) is 22.9 Å². The third-order valence-corrected chi connectivity index (χ3v) is 3.76. The first-order valence-electron chi connectivity index (χ1n) is 7.73. The molecule has 0 heterocycles. The van der Waals surface area contributed by atoms with Crippen LogP contribution in [0.15, 0.2) is 48.5 Å². The number of benzene rings is 2. The molecular weight excluding hydrogens is 308 g/mol. The number of nitrogens with one attached hydrogen (secondary N) is 2. The van der Waals surface area contributed by atoms with Gasteiger partial charge in [0.1, 0.15) is 11.5 Å². The Balaban J connectivity index is 2.04. The Kier molecular flexibility index (Phi) is 6.72. The van der Waals surface area contributed by atoms with Crippen molar-refractivity contribution in [3.8, 4) is 11.5 Å². The molecule has 6 heteroatoms. The van der Waals surface area contributed by atoms with Crippen LogP contribution in [0.4, 0.5) is 11.4 Å². The lowest BCUT2D eigenvalue weighted by atomic mass is 10.1. The van der Waals surface area contributed by atoms with Gasteiger partial charge in [-0.15, -0.1) is 0 Å². The Morgan fingerprint density at radius 1 is 0.708 bits per heavy atom. The predicted octanol–water partition coefficient (Wildman–Crippen LogP) is 1.95. The van der Waals surface area contributed by atoms with E-state index in [9.17, 15) is 10.2 Å². The highest BCUT2D eigenvalue weighted by Gasteiger charge is 2.20. The molecule has 0 radical (unpaired) electrons. The summed E-state index contributed by atoms with van der Waals surface area (Å²) in [6.07, 6.45) is 0. The standard InChI is InChI=1S/C18H24N2O4/c1-23-15-7-3-13(4-8-15)19-17(11-21)18(12-22)20-14-5-9-16(24-2)10-6-14/h3-10,17-22H,11-12H2,1-2H3/t17-,18-/m1/s1. The summed E-state index contributed by atoms with van der Waals surface area (Å²) in [6.45, 7) is -0.249. The van der Waals surface area contributed by atoms with E-state index in [1.165, 1.54) is 0 Å². The summed E-state index contributed by atoms with van der Waals surface area (Å²) in [5, 5.41) is 25.8. The summed E-state index contributed by atoms with van der Waals surface area (Å²) < 4.78 is 10.3. The van der Waals surface area contributed by atoms with Crippen LogP contribution in [0, 0.1) is 0 Å². The van der Waals surface area contributed by atoms with Crippen LogP contribution in [0.5, 0.6) is 11.5 Å². The highest BCUT2D eigenvalue weighted by atomic mass is 16.5. The summed E-state index contributed by atoms with van der Waals surface area (Å²) in [7, 11) is 3.22. The molecule has 24 heavy (non-hydrogen) atoms. The predicted molar refractivity (Wildman–Crippen MR) is 95.0 cm³/mol. The van der Waals surface area contributed by atoms with Gasteiger partial charge in [-0.1, -0.05) is 0 Å². The molecule has 0 aliphatic carbocycles. The zero-order valence-corrected chi connectivity index (χ0v) is 13.9. The molecule has 130 valence electrons. The second-order valence-electron chi connectivity index (χ2n) is 5.32. The van der Waals surface area contributed by atoms with Crippen LogP contribution in [-0.4, -0.2) is 49.7 Å². The van der Waals surface area contributed by atoms with Gasteiger partial charge in [-0.25, -0.2) is 0 Å². The molecule has 0 aliphatic heterocycles. The molecule has 0 spiro atoms. The fraction of sp³-hybridized carbons (Fsp3) is 0.333. The zero-order valence-electron chi connectivity index (χ0n) is 13.9. The molecule has 0 aliphatic rings. The van der Waals surface area contributed by atoms with Crippen LogP contribution in [0.25, 0.3) is 0 Å². The average molecular weight is 332 g/mol. The minimum Gasteiger partial charge on any atom is -0.497 e. The van der Waals surface area contributed by atoms with Gasteiger partial charge in [0.2, 0.25) is 0 Å². The minimum atomic E-state index is -0.356. The van der Waals surface area contributed by atoms with E-state index >= 15 is 0 Å². The molecule has 6 nitrogen and oxygen atoms in total. The van der Waals surface area contributed by atoms with Gasteiger partial charge in [0, 0.05) is 11.4 Å². The first-order valence-corrected chi connectivity index (χ1v) is 7.73. The van der Waals surface area contributed by atoms with Crippen molar-refractivity contribution in [3.05, 3.63) is 48.5 Å². The normalized spacial score (nSPS) is 13.0. The van der Waals surface area contributed by atoms with Crippen LogP contribution in [0.2, 0.25) is 0 Å². The van der Waals surface area contributed by atoms with Crippen LogP contribution in [0.1, 0.15) is 0 Å². The van der Waals surface area contributed by atoms with E-state index in [1.807, 2.05) is 48.5 Å². The van der Waals surface area contributed by atoms with E-state index in [1.54, 1.807) is 14.2 Å². The molecule has 2 atom stereocenters. The van der Waals surface area contributed by atoms with Gasteiger partial charge in [-0.2, -0.15) is 0 Å². The Labute approximate surface area is 142 Å². The van der Waals surface area contributed by atoms with E-state index in [0.29, 0.717) is 0 Å². The van der Waals surface area contributed by atoms with E-state index in [4.69, 9.17) is 9.47 Å². The smallest absolute Gasteiger partial charge is 0.119 e. The van der Waals surface area contributed by atoms with Gasteiger partial charge in [-0.05, 0) is 48.5 Å². The minimum absolute atomic E-state index is 0.125.